The second kappa shape index (κ2) is 7.53. The molecule has 3 heterocycles. The molecule has 27 heavy (non-hydrogen) atoms. The zero-order valence-corrected chi connectivity index (χ0v) is 16.0. The largest absolute Gasteiger partial charge is 0.475 e. The van der Waals surface area contributed by atoms with E-state index in [0.29, 0.717) is 23.2 Å². The number of hydrogen-bond acceptors (Lipinski definition) is 6. The molecular weight excluding hydrogens is 344 g/mol. The van der Waals surface area contributed by atoms with Crippen LogP contribution in [-0.4, -0.2) is 36.7 Å². The van der Waals surface area contributed by atoms with Crippen molar-refractivity contribution in [3.8, 4) is 11.8 Å². The minimum Gasteiger partial charge on any atom is -0.475 e. The Morgan fingerprint density at radius 1 is 1.07 bits per heavy atom. The maximum absolute atomic E-state index is 12.6. The molecule has 0 atom stereocenters. The lowest BCUT2D eigenvalue weighted by molar-refractivity contribution is 0.102. The van der Waals surface area contributed by atoms with Gasteiger partial charge in [-0.2, -0.15) is 9.78 Å². The summed E-state index contributed by atoms with van der Waals surface area (Å²) in [7, 11) is 0. The molecule has 3 aromatic rings. The van der Waals surface area contributed by atoms with E-state index in [4.69, 9.17) is 4.74 Å². The van der Waals surface area contributed by atoms with Crippen molar-refractivity contribution < 1.29 is 9.53 Å². The molecule has 0 aliphatic heterocycles. The van der Waals surface area contributed by atoms with Crippen molar-refractivity contribution in [1.82, 2.24) is 24.7 Å². The van der Waals surface area contributed by atoms with E-state index < -0.39 is 0 Å². The van der Waals surface area contributed by atoms with E-state index in [1.165, 1.54) is 10.9 Å². The minimum absolute atomic E-state index is 0.0206. The topological polar surface area (TPSA) is 94.8 Å². The molecule has 140 valence electrons. The van der Waals surface area contributed by atoms with E-state index in [-0.39, 0.29) is 12.0 Å². The van der Waals surface area contributed by atoms with Crippen molar-refractivity contribution >= 4 is 11.7 Å². The van der Waals surface area contributed by atoms with Crippen LogP contribution in [0.1, 0.15) is 41.3 Å². The Labute approximate surface area is 157 Å². The van der Waals surface area contributed by atoms with E-state index >= 15 is 0 Å². The maximum atomic E-state index is 12.6. The van der Waals surface area contributed by atoms with Crippen LogP contribution >= 0.6 is 0 Å². The van der Waals surface area contributed by atoms with Crippen LogP contribution in [0.2, 0.25) is 0 Å². The molecule has 3 rings (SSSR count). The highest BCUT2D eigenvalue weighted by Gasteiger charge is 2.15. The molecule has 0 saturated heterocycles. The van der Waals surface area contributed by atoms with Gasteiger partial charge in [0.15, 0.2) is 0 Å². The third-order valence-corrected chi connectivity index (χ3v) is 3.59. The Balaban J connectivity index is 1.84. The van der Waals surface area contributed by atoms with Crippen LogP contribution in [-0.2, 0) is 0 Å². The number of aryl methyl sites for hydroxylation is 3. The molecule has 0 spiro atoms. The Morgan fingerprint density at radius 3 is 2.37 bits per heavy atom. The summed E-state index contributed by atoms with van der Waals surface area (Å²) < 4.78 is 7.02. The van der Waals surface area contributed by atoms with Gasteiger partial charge in [-0.25, -0.2) is 15.0 Å². The number of rotatable bonds is 5. The SMILES string of the molecule is Cc1cc(C)nc(-n2nc(C)cc2NC(=O)c2ccc(OC(C)C)nc2)n1. The first-order chi connectivity index (χ1) is 12.8. The van der Waals surface area contributed by atoms with Crippen LogP contribution in [0.4, 0.5) is 5.82 Å². The lowest BCUT2D eigenvalue weighted by Crippen LogP contribution is -2.17. The summed E-state index contributed by atoms with van der Waals surface area (Å²) in [6, 6.07) is 6.98. The van der Waals surface area contributed by atoms with Gasteiger partial charge in [0, 0.05) is 29.7 Å². The van der Waals surface area contributed by atoms with Gasteiger partial charge < -0.3 is 10.1 Å². The van der Waals surface area contributed by atoms with E-state index in [1.807, 2.05) is 40.7 Å². The predicted octanol–water partition coefficient (Wildman–Crippen LogP) is 3.02. The van der Waals surface area contributed by atoms with Crippen LogP contribution < -0.4 is 10.1 Å². The lowest BCUT2D eigenvalue weighted by atomic mass is 10.2. The van der Waals surface area contributed by atoms with Gasteiger partial charge in [0.05, 0.1) is 17.4 Å². The molecule has 1 N–H and O–H groups in total. The highest BCUT2D eigenvalue weighted by molar-refractivity contribution is 6.03. The molecule has 1 amide bonds. The molecule has 3 aromatic heterocycles. The molecule has 0 aromatic carbocycles. The second-order valence-electron chi connectivity index (χ2n) is 6.54. The molecule has 0 bridgehead atoms. The molecule has 0 fully saturated rings. The number of nitrogens with zero attached hydrogens (tertiary/aromatic N) is 5. The van der Waals surface area contributed by atoms with Gasteiger partial charge in [-0.15, -0.1) is 0 Å². The Kier molecular flexibility index (Phi) is 5.16. The number of carbonyl (C=O) groups excluding carboxylic acids is 1. The minimum atomic E-state index is -0.302. The zero-order chi connectivity index (χ0) is 19.6. The van der Waals surface area contributed by atoms with Gasteiger partial charge in [-0.1, -0.05) is 0 Å². The monoisotopic (exact) mass is 366 g/mol. The van der Waals surface area contributed by atoms with Gasteiger partial charge in [0.25, 0.3) is 11.9 Å². The fraction of sp³-hybridized carbons (Fsp3) is 0.316. The van der Waals surface area contributed by atoms with E-state index in [0.717, 1.165) is 17.1 Å². The number of anilines is 1. The summed E-state index contributed by atoms with van der Waals surface area (Å²) in [6.45, 7) is 9.45. The van der Waals surface area contributed by atoms with Gasteiger partial charge in [-0.05, 0) is 46.8 Å². The molecule has 8 heteroatoms. The van der Waals surface area contributed by atoms with Crippen molar-refractivity contribution in [3.05, 3.63) is 53.1 Å². The highest BCUT2D eigenvalue weighted by Crippen LogP contribution is 2.17. The number of ether oxygens (including phenoxy) is 1. The summed E-state index contributed by atoms with van der Waals surface area (Å²) in [5.41, 5.74) is 2.81. The molecule has 8 nitrogen and oxygen atoms in total. The third-order valence-electron chi connectivity index (χ3n) is 3.59. The second-order valence-corrected chi connectivity index (χ2v) is 6.54. The van der Waals surface area contributed by atoms with Gasteiger partial charge in [-0.3, -0.25) is 4.79 Å². The average molecular weight is 366 g/mol. The number of nitrogens with one attached hydrogen (secondary N) is 1. The number of carbonyl (C=O) groups is 1. The van der Waals surface area contributed by atoms with Crippen molar-refractivity contribution in [2.24, 2.45) is 0 Å². The first-order valence-corrected chi connectivity index (χ1v) is 8.65. The summed E-state index contributed by atoms with van der Waals surface area (Å²) in [5, 5.41) is 7.24. The van der Waals surface area contributed by atoms with Crippen LogP contribution in [0.25, 0.3) is 5.95 Å². The summed E-state index contributed by atoms with van der Waals surface area (Å²) in [4.78, 5) is 25.6. The Hall–Kier alpha value is -3.29. The van der Waals surface area contributed by atoms with Crippen LogP contribution in [0, 0.1) is 20.8 Å². The van der Waals surface area contributed by atoms with Crippen molar-refractivity contribution in [2.45, 2.75) is 40.7 Å². The standard InChI is InChI=1S/C19H22N6O2/c1-11(2)27-17-7-6-15(10-20-17)18(26)23-16-9-14(5)24-25(16)19-21-12(3)8-13(4)22-19/h6-11H,1-5H3,(H,23,26). The van der Waals surface area contributed by atoms with Gasteiger partial charge in [0.2, 0.25) is 5.88 Å². The molecule has 0 saturated carbocycles. The number of hydrogen-bond donors (Lipinski definition) is 1. The molecule has 0 aliphatic carbocycles. The molecule has 0 aliphatic rings. The predicted molar refractivity (Wildman–Crippen MR) is 101 cm³/mol. The highest BCUT2D eigenvalue weighted by atomic mass is 16.5. The van der Waals surface area contributed by atoms with Crippen molar-refractivity contribution in [1.29, 1.82) is 0 Å². The normalized spacial score (nSPS) is 10.9. The number of amides is 1. The zero-order valence-electron chi connectivity index (χ0n) is 16.0. The fourth-order valence-corrected chi connectivity index (χ4v) is 2.56. The Morgan fingerprint density at radius 2 is 1.78 bits per heavy atom. The first kappa shape index (κ1) is 18.5. The summed E-state index contributed by atoms with van der Waals surface area (Å²) in [5.74, 6) is 1.08. The fourth-order valence-electron chi connectivity index (χ4n) is 2.56. The smallest absolute Gasteiger partial charge is 0.258 e. The molecule has 0 radical (unpaired) electrons. The van der Waals surface area contributed by atoms with Gasteiger partial charge in [0.1, 0.15) is 5.82 Å². The average Bonchev–Trinajstić information content (AvgIpc) is 2.94. The van der Waals surface area contributed by atoms with Gasteiger partial charge >= 0.3 is 0 Å². The summed E-state index contributed by atoms with van der Waals surface area (Å²) in [6.07, 6.45) is 1.50. The number of aromatic nitrogens is 5. The first-order valence-electron chi connectivity index (χ1n) is 8.65. The third kappa shape index (κ3) is 4.46. The lowest BCUT2D eigenvalue weighted by Gasteiger charge is -2.10. The van der Waals surface area contributed by atoms with Crippen molar-refractivity contribution in [3.63, 3.8) is 0 Å². The van der Waals surface area contributed by atoms with Crippen molar-refractivity contribution in [2.75, 3.05) is 5.32 Å². The van der Waals surface area contributed by atoms with E-state index in [9.17, 15) is 4.79 Å². The van der Waals surface area contributed by atoms with Crippen LogP contribution in [0.5, 0.6) is 5.88 Å². The summed E-state index contributed by atoms with van der Waals surface area (Å²) >= 11 is 0. The Bertz CT molecular complexity index is 943. The van der Waals surface area contributed by atoms with E-state index in [1.54, 1.807) is 18.2 Å². The molecular formula is C19H22N6O2. The molecule has 0 unspecified atom stereocenters. The quantitative estimate of drug-likeness (QED) is 0.746. The van der Waals surface area contributed by atoms with E-state index in [2.05, 4.69) is 25.4 Å². The number of pyridine rings is 1. The maximum Gasteiger partial charge on any atom is 0.258 e. The van der Waals surface area contributed by atoms with Crippen LogP contribution in [0.3, 0.4) is 0 Å². The van der Waals surface area contributed by atoms with Crippen LogP contribution in [0.15, 0.2) is 30.5 Å².